The van der Waals surface area contributed by atoms with Crippen molar-refractivity contribution in [1.82, 2.24) is 0 Å². The predicted octanol–water partition coefficient (Wildman–Crippen LogP) is 4.08. The molecule has 90 valence electrons. The molecule has 0 aromatic heterocycles. The summed E-state index contributed by atoms with van der Waals surface area (Å²) in [6.07, 6.45) is 1.34. The Balaban J connectivity index is 2.21. The van der Waals surface area contributed by atoms with E-state index in [1.807, 2.05) is 42.5 Å². The third-order valence-electron chi connectivity index (χ3n) is 2.82. The van der Waals surface area contributed by atoms with E-state index >= 15 is 0 Å². The van der Waals surface area contributed by atoms with Gasteiger partial charge in [0.1, 0.15) is 0 Å². The lowest BCUT2D eigenvalue weighted by molar-refractivity contribution is 1.41. The van der Waals surface area contributed by atoms with E-state index < -0.39 is 0 Å². The second-order valence-corrected chi connectivity index (χ2v) is 4.19. The minimum Gasteiger partial charge on any atom is -0.355 e. The molecule has 18 heavy (non-hydrogen) atoms. The van der Waals surface area contributed by atoms with Crippen molar-refractivity contribution in [3.05, 3.63) is 71.8 Å². The van der Waals surface area contributed by atoms with Gasteiger partial charge in [0.05, 0.1) is 0 Å². The zero-order valence-electron chi connectivity index (χ0n) is 10.4. The Morgan fingerprint density at radius 3 is 2.67 bits per heavy atom. The van der Waals surface area contributed by atoms with E-state index in [-0.39, 0.29) is 0 Å². The predicted molar refractivity (Wildman–Crippen MR) is 78.2 cm³/mol. The number of anilines is 1. The van der Waals surface area contributed by atoms with Crippen molar-refractivity contribution in [3.63, 3.8) is 0 Å². The van der Waals surface area contributed by atoms with Crippen LogP contribution in [-0.2, 0) is 0 Å². The van der Waals surface area contributed by atoms with Crippen LogP contribution in [0.15, 0.2) is 55.1 Å². The van der Waals surface area contributed by atoms with Gasteiger partial charge < -0.3 is 10.7 Å². The summed E-state index contributed by atoms with van der Waals surface area (Å²) in [5.74, 6) is 0. The van der Waals surface area contributed by atoms with Crippen LogP contribution in [0.3, 0.4) is 0 Å². The Kier molecular flexibility index (Phi) is 3.58. The van der Waals surface area contributed by atoms with Gasteiger partial charge in [0.2, 0.25) is 0 Å². The van der Waals surface area contributed by atoms with Crippen molar-refractivity contribution in [1.29, 1.82) is 5.41 Å². The van der Waals surface area contributed by atoms with Crippen LogP contribution in [0.2, 0.25) is 0 Å². The van der Waals surface area contributed by atoms with Crippen molar-refractivity contribution in [2.45, 2.75) is 6.92 Å². The minimum atomic E-state index is 0.871. The molecule has 0 atom stereocenters. The first kappa shape index (κ1) is 12.1. The van der Waals surface area contributed by atoms with E-state index in [1.54, 1.807) is 0 Å². The summed E-state index contributed by atoms with van der Waals surface area (Å²) >= 11 is 0. The molecular weight excluding hydrogens is 220 g/mol. The van der Waals surface area contributed by atoms with Crippen molar-refractivity contribution in [2.24, 2.45) is 0 Å². The fourth-order valence-corrected chi connectivity index (χ4v) is 1.86. The van der Waals surface area contributed by atoms with Crippen LogP contribution in [0, 0.1) is 12.3 Å². The molecule has 2 nitrogen and oxygen atoms in total. The van der Waals surface area contributed by atoms with Gasteiger partial charge in [-0.05, 0) is 30.2 Å². The molecule has 0 radical (unpaired) electrons. The first-order chi connectivity index (χ1) is 8.70. The quantitative estimate of drug-likeness (QED) is 0.771. The van der Waals surface area contributed by atoms with Gasteiger partial charge in [0.25, 0.3) is 0 Å². The maximum Gasteiger partial charge on any atom is 0.0390 e. The van der Waals surface area contributed by atoms with Crippen molar-refractivity contribution >= 4 is 17.6 Å². The molecular formula is C16H16N2. The average Bonchev–Trinajstić information content (AvgIpc) is 2.39. The van der Waals surface area contributed by atoms with Crippen LogP contribution in [0.1, 0.15) is 16.7 Å². The second-order valence-electron chi connectivity index (χ2n) is 4.19. The Morgan fingerprint density at radius 1 is 1.17 bits per heavy atom. The molecule has 0 saturated heterocycles. The Morgan fingerprint density at radius 2 is 1.94 bits per heavy atom. The average molecular weight is 236 g/mol. The van der Waals surface area contributed by atoms with Gasteiger partial charge in [-0.15, -0.1) is 0 Å². The molecule has 0 saturated carbocycles. The number of rotatable bonds is 4. The van der Waals surface area contributed by atoms with Gasteiger partial charge in [0.15, 0.2) is 0 Å². The van der Waals surface area contributed by atoms with E-state index in [1.165, 1.54) is 11.8 Å². The van der Waals surface area contributed by atoms with Crippen LogP contribution in [0.5, 0.6) is 0 Å². The first-order valence-corrected chi connectivity index (χ1v) is 5.83. The largest absolute Gasteiger partial charge is 0.355 e. The Bertz CT molecular complexity index is 585. The molecule has 2 heteroatoms. The molecule has 0 spiro atoms. The standard InChI is InChI=1S/C16H16N2/c1-12-6-3-4-9-16(12)13(2)18-15-8-5-7-14(10-15)11-17/h3-11,17-18H,2H2,1H3. The van der Waals surface area contributed by atoms with Gasteiger partial charge in [-0.1, -0.05) is 43.0 Å². The molecule has 0 aliphatic rings. The lowest BCUT2D eigenvalue weighted by Crippen LogP contribution is -1.99. The van der Waals surface area contributed by atoms with Gasteiger partial charge in [-0.3, -0.25) is 0 Å². The SMILES string of the molecule is C=C(Nc1cccc(C=N)c1)c1ccccc1C. The number of hydrogen-bond acceptors (Lipinski definition) is 2. The van der Waals surface area contributed by atoms with Crippen LogP contribution < -0.4 is 5.32 Å². The molecule has 0 heterocycles. The van der Waals surface area contributed by atoms with E-state index in [0.717, 1.165) is 22.5 Å². The summed E-state index contributed by atoms with van der Waals surface area (Å²) in [5, 5.41) is 10.5. The van der Waals surface area contributed by atoms with Crippen LogP contribution >= 0.6 is 0 Å². The number of hydrogen-bond donors (Lipinski definition) is 2. The molecule has 0 fully saturated rings. The summed E-state index contributed by atoms with van der Waals surface area (Å²) in [5.41, 5.74) is 4.99. The van der Waals surface area contributed by atoms with E-state index in [0.29, 0.717) is 0 Å². The van der Waals surface area contributed by atoms with Gasteiger partial charge >= 0.3 is 0 Å². The lowest BCUT2D eigenvalue weighted by atomic mass is 10.1. The third kappa shape index (κ3) is 2.66. The maximum absolute atomic E-state index is 7.25. The van der Waals surface area contributed by atoms with E-state index in [4.69, 9.17) is 5.41 Å². The summed E-state index contributed by atoms with van der Waals surface area (Å²) < 4.78 is 0. The molecule has 2 aromatic carbocycles. The van der Waals surface area contributed by atoms with E-state index in [9.17, 15) is 0 Å². The smallest absolute Gasteiger partial charge is 0.0390 e. The Hall–Kier alpha value is -2.35. The summed E-state index contributed by atoms with van der Waals surface area (Å²) in [6.45, 7) is 6.13. The summed E-state index contributed by atoms with van der Waals surface area (Å²) in [6, 6.07) is 15.8. The highest BCUT2D eigenvalue weighted by molar-refractivity contribution is 5.82. The topological polar surface area (TPSA) is 35.9 Å². The van der Waals surface area contributed by atoms with Crippen molar-refractivity contribution < 1.29 is 0 Å². The monoisotopic (exact) mass is 236 g/mol. The highest BCUT2D eigenvalue weighted by Gasteiger charge is 2.02. The van der Waals surface area contributed by atoms with Gasteiger partial charge in [-0.25, -0.2) is 0 Å². The van der Waals surface area contributed by atoms with Crippen LogP contribution in [0.4, 0.5) is 5.69 Å². The molecule has 0 bridgehead atoms. The normalized spacial score (nSPS) is 9.83. The Labute approximate surface area is 107 Å². The van der Waals surface area contributed by atoms with Crippen molar-refractivity contribution in [2.75, 3.05) is 5.32 Å². The molecule has 2 N–H and O–H groups in total. The molecule has 0 unspecified atom stereocenters. The lowest BCUT2D eigenvalue weighted by Gasteiger charge is -2.12. The highest BCUT2D eigenvalue weighted by Crippen LogP contribution is 2.20. The number of benzene rings is 2. The second kappa shape index (κ2) is 5.32. The van der Waals surface area contributed by atoms with Crippen LogP contribution in [-0.4, -0.2) is 6.21 Å². The van der Waals surface area contributed by atoms with Crippen LogP contribution in [0.25, 0.3) is 5.70 Å². The number of nitrogens with one attached hydrogen (secondary N) is 2. The molecule has 0 amide bonds. The fraction of sp³-hybridized carbons (Fsp3) is 0.0625. The third-order valence-corrected chi connectivity index (χ3v) is 2.82. The highest BCUT2D eigenvalue weighted by atomic mass is 14.9. The molecule has 2 rings (SSSR count). The fourth-order valence-electron chi connectivity index (χ4n) is 1.86. The number of aryl methyl sites for hydroxylation is 1. The van der Waals surface area contributed by atoms with Gasteiger partial charge in [0, 0.05) is 23.2 Å². The molecule has 0 aliphatic carbocycles. The summed E-state index contributed by atoms with van der Waals surface area (Å²) in [4.78, 5) is 0. The maximum atomic E-state index is 7.25. The minimum absolute atomic E-state index is 0.871. The van der Waals surface area contributed by atoms with Gasteiger partial charge in [-0.2, -0.15) is 0 Å². The molecule has 0 aliphatic heterocycles. The first-order valence-electron chi connectivity index (χ1n) is 5.83. The zero-order valence-corrected chi connectivity index (χ0v) is 10.4. The van der Waals surface area contributed by atoms with E-state index in [2.05, 4.69) is 24.9 Å². The van der Waals surface area contributed by atoms with Crippen molar-refractivity contribution in [3.8, 4) is 0 Å². The zero-order chi connectivity index (χ0) is 13.0. The molecule has 2 aromatic rings. The summed E-state index contributed by atoms with van der Waals surface area (Å²) in [7, 11) is 0.